The zero-order valence-corrected chi connectivity index (χ0v) is 17.7. The highest BCUT2D eigenvalue weighted by molar-refractivity contribution is 7.92. The predicted molar refractivity (Wildman–Crippen MR) is 114 cm³/mol. The van der Waals surface area contributed by atoms with E-state index in [1.165, 1.54) is 4.57 Å². The van der Waals surface area contributed by atoms with Crippen LogP contribution in [0.3, 0.4) is 0 Å². The lowest BCUT2D eigenvalue weighted by Crippen LogP contribution is -2.22. The molecule has 0 atom stereocenters. The van der Waals surface area contributed by atoms with E-state index >= 15 is 0 Å². The highest BCUT2D eigenvalue weighted by Gasteiger charge is 2.25. The maximum atomic E-state index is 13.0. The van der Waals surface area contributed by atoms with Gasteiger partial charge in [0.25, 0.3) is 15.6 Å². The van der Waals surface area contributed by atoms with Gasteiger partial charge in [-0.05, 0) is 63.6 Å². The lowest BCUT2D eigenvalue weighted by atomic mass is 10.1. The van der Waals surface area contributed by atoms with E-state index in [4.69, 9.17) is 4.52 Å². The fourth-order valence-corrected chi connectivity index (χ4v) is 4.97. The van der Waals surface area contributed by atoms with Crippen molar-refractivity contribution in [3.8, 4) is 5.69 Å². The van der Waals surface area contributed by atoms with E-state index in [0.717, 1.165) is 0 Å². The Kier molecular flexibility index (Phi) is 4.70. The molecule has 0 fully saturated rings. The smallest absolute Gasteiger partial charge is 0.267 e. The first-order valence-corrected chi connectivity index (χ1v) is 10.7. The van der Waals surface area contributed by atoms with Gasteiger partial charge >= 0.3 is 0 Å². The SMILES string of the molecule is Cc1cc(-n2c(C)nc3ccccc3c2=O)ccc1NS(=O)(=O)c1c(C)noc1C. The molecule has 0 saturated heterocycles. The summed E-state index contributed by atoms with van der Waals surface area (Å²) in [6, 6.07) is 12.2. The third-order valence-electron chi connectivity index (χ3n) is 4.89. The van der Waals surface area contributed by atoms with Crippen LogP contribution >= 0.6 is 0 Å². The van der Waals surface area contributed by atoms with Gasteiger partial charge in [-0.15, -0.1) is 0 Å². The molecule has 0 aliphatic carbocycles. The van der Waals surface area contributed by atoms with Gasteiger partial charge in [-0.25, -0.2) is 13.4 Å². The number of sulfonamides is 1. The molecule has 0 aliphatic rings. The average molecular weight is 424 g/mol. The molecule has 9 heteroatoms. The van der Waals surface area contributed by atoms with Gasteiger partial charge in [0, 0.05) is 0 Å². The van der Waals surface area contributed by atoms with Gasteiger partial charge in [-0.2, -0.15) is 0 Å². The first kappa shape index (κ1) is 19.8. The van der Waals surface area contributed by atoms with Crippen LogP contribution in [-0.2, 0) is 10.0 Å². The van der Waals surface area contributed by atoms with Crippen molar-refractivity contribution in [1.29, 1.82) is 0 Å². The molecular weight excluding hydrogens is 404 g/mol. The molecule has 0 amide bonds. The van der Waals surface area contributed by atoms with E-state index in [2.05, 4.69) is 14.9 Å². The van der Waals surface area contributed by atoms with Crippen LogP contribution in [0.2, 0.25) is 0 Å². The van der Waals surface area contributed by atoms with Gasteiger partial charge in [0.05, 0.1) is 22.3 Å². The monoisotopic (exact) mass is 424 g/mol. The van der Waals surface area contributed by atoms with Crippen LogP contribution in [0.4, 0.5) is 5.69 Å². The van der Waals surface area contributed by atoms with E-state index in [0.29, 0.717) is 39.4 Å². The number of rotatable bonds is 4. The molecule has 2 aromatic carbocycles. The Morgan fingerprint density at radius 1 is 1.03 bits per heavy atom. The predicted octanol–water partition coefficient (Wildman–Crippen LogP) is 3.41. The minimum Gasteiger partial charge on any atom is -0.360 e. The third kappa shape index (κ3) is 3.26. The van der Waals surface area contributed by atoms with Crippen LogP contribution < -0.4 is 10.3 Å². The Balaban J connectivity index is 1.77. The largest absolute Gasteiger partial charge is 0.360 e. The van der Waals surface area contributed by atoms with Gasteiger partial charge in [-0.3, -0.25) is 14.1 Å². The van der Waals surface area contributed by atoms with E-state index in [1.54, 1.807) is 64.1 Å². The van der Waals surface area contributed by atoms with Crippen molar-refractivity contribution in [1.82, 2.24) is 14.7 Å². The summed E-state index contributed by atoms with van der Waals surface area (Å²) < 4.78 is 34.6. The van der Waals surface area contributed by atoms with Crippen molar-refractivity contribution in [3.63, 3.8) is 0 Å². The maximum absolute atomic E-state index is 13.0. The first-order valence-electron chi connectivity index (χ1n) is 9.24. The van der Waals surface area contributed by atoms with Crippen LogP contribution in [-0.4, -0.2) is 23.1 Å². The van der Waals surface area contributed by atoms with Crippen molar-refractivity contribution in [2.45, 2.75) is 32.6 Å². The molecule has 0 bridgehead atoms. The van der Waals surface area contributed by atoms with Gasteiger partial charge in [0.15, 0.2) is 10.7 Å². The normalized spacial score (nSPS) is 11.7. The quantitative estimate of drug-likeness (QED) is 0.538. The van der Waals surface area contributed by atoms with Gasteiger partial charge < -0.3 is 4.52 Å². The summed E-state index contributed by atoms with van der Waals surface area (Å²) in [7, 11) is -3.86. The zero-order valence-electron chi connectivity index (χ0n) is 16.9. The lowest BCUT2D eigenvalue weighted by molar-refractivity contribution is 0.390. The lowest BCUT2D eigenvalue weighted by Gasteiger charge is -2.14. The van der Waals surface area contributed by atoms with Crippen molar-refractivity contribution in [2.75, 3.05) is 4.72 Å². The summed E-state index contributed by atoms with van der Waals surface area (Å²) in [5, 5.41) is 4.22. The molecule has 154 valence electrons. The molecule has 30 heavy (non-hydrogen) atoms. The standard InChI is InChI=1S/C21H20N4O4S/c1-12-11-16(25-15(4)22-19-8-6-5-7-17(19)21(25)26)9-10-18(12)24-30(27,28)20-13(2)23-29-14(20)3/h5-11,24H,1-4H3. The minimum absolute atomic E-state index is 0.0248. The summed E-state index contributed by atoms with van der Waals surface area (Å²) in [6.07, 6.45) is 0. The second kappa shape index (κ2) is 7.10. The zero-order chi connectivity index (χ0) is 21.6. The van der Waals surface area contributed by atoms with Crippen LogP contribution in [0.1, 0.15) is 22.8 Å². The van der Waals surface area contributed by atoms with Crippen LogP contribution in [0.25, 0.3) is 16.6 Å². The molecule has 8 nitrogen and oxygen atoms in total. The van der Waals surface area contributed by atoms with Crippen molar-refractivity contribution in [2.24, 2.45) is 0 Å². The molecule has 0 aliphatic heterocycles. The fourth-order valence-electron chi connectivity index (χ4n) is 3.50. The Morgan fingerprint density at radius 3 is 2.43 bits per heavy atom. The number of hydrogen-bond acceptors (Lipinski definition) is 6. The topological polar surface area (TPSA) is 107 Å². The van der Waals surface area contributed by atoms with E-state index < -0.39 is 10.0 Å². The number of hydrogen-bond donors (Lipinski definition) is 1. The molecule has 2 aromatic heterocycles. The highest BCUT2D eigenvalue weighted by atomic mass is 32.2. The van der Waals surface area contributed by atoms with Gasteiger partial charge in [0.2, 0.25) is 0 Å². The number of para-hydroxylation sites is 1. The van der Waals surface area contributed by atoms with E-state index in [1.807, 2.05) is 6.07 Å². The molecule has 0 unspecified atom stereocenters. The molecule has 4 rings (SSSR count). The Morgan fingerprint density at radius 2 is 1.77 bits per heavy atom. The Labute approximate surface area is 173 Å². The first-order chi connectivity index (χ1) is 14.2. The fraction of sp³-hybridized carbons (Fsp3) is 0.190. The maximum Gasteiger partial charge on any atom is 0.267 e. The van der Waals surface area contributed by atoms with Crippen LogP contribution in [0, 0.1) is 27.7 Å². The molecule has 0 spiro atoms. The Hall–Kier alpha value is -3.46. The third-order valence-corrected chi connectivity index (χ3v) is 6.50. The summed E-state index contributed by atoms with van der Waals surface area (Å²) >= 11 is 0. The molecule has 4 aromatic rings. The number of aromatic nitrogens is 3. The van der Waals surface area contributed by atoms with Crippen molar-refractivity contribution < 1.29 is 12.9 Å². The number of aryl methyl sites for hydroxylation is 4. The van der Waals surface area contributed by atoms with E-state index in [9.17, 15) is 13.2 Å². The highest BCUT2D eigenvalue weighted by Crippen LogP contribution is 2.25. The van der Waals surface area contributed by atoms with Crippen LogP contribution in [0.15, 0.2) is 56.7 Å². The number of fused-ring (bicyclic) bond motifs is 1. The number of anilines is 1. The second-order valence-corrected chi connectivity index (χ2v) is 8.69. The van der Waals surface area contributed by atoms with Crippen molar-refractivity contribution >= 4 is 26.6 Å². The molecule has 0 saturated carbocycles. The summed E-state index contributed by atoms with van der Waals surface area (Å²) in [5.41, 5.74) is 2.41. The number of nitrogens with one attached hydrogen (secondary N) is 1. The van der Waals surface area contributed by atoms with Gasteiger partial charge in [0.1, 0.15) is 11.5 Å². The second-order valence-electron chi connectivity index (χ2n) is 7.07. The van der Waals surface area contributed by atoms with Crippen LogP contribution in [0.5, 0.6) is 0 Å². The molecular formula is C21H20N4O4S. The molecule has 1 N–H and O–H groups in total. The van der Waals surface area contributed by atoms with E-state index in [-0.39, 0.29) is 16.2 Å². The van der Waals surface area contributed by atoms with Crippen molar-refractivity contribution in [3.05, 3.63) is 75.7 Å². The molecule has 2 heterocycles. The minimum atomic E-state index is -3.86. The Bertz CT molecular complexity index is 1430. The molecule has 0 radical (unpaired) electrons. The summed E-state index contributed by atoms with van der Waals surface area (Å²) in [5.74, 6) is 0.765. The van der Waals surface area contributed by atoms with Gasteiger partial charge in [-0.1, -0.05) is 17.3 Å². The summed E-state index contributed by atoms with van der Waals surface area (Å²) in [6.45, 7) is 6.65. The number of benzene rings is 2. The number of nitrogens with zero attached hydrogens (tertiary/aromatic N) is 3. The average Bonchev–Trinajstić information content (AvgIpc) is 3.03. The summed E-state index contributed by atoms with van der Waals surface area (Å²) in [4.78, 5) is 17.5.